The molecule has 0 aromatic heterocycles. The second-order valence-corrected chi connectivity index (χ2v) is 22.2. The largest absolute Gasteiger partial charge is 0.458 e. The Morgan fingerprint density at radius 1 is 0.370 bits per heavy atom. The molecule has 0 radical (unpaired) electrons. The summed E-state index contributed by atoms with van der Waals surface area (Å²) in [5, 5.41) is 4.51. The van der Waals surface area contributed by atoms with Crippen molar-refractivity contribution < 1.29 is 9.47 Å². The van der Waals surface area contributed by atoms with Crippen molar-refractivity contribution in [2.75, 3.05) is 9.80 Å². The molecule has 73 heavy (non-hydrogen) atoms. The number of hydrogen-bond acceptors (Lipinski definition) is 4. The average molecular weight is 917 g/mol. The van der Waals surface area contributed by atoms with E-state index in [0.717, 1.165) is 66.6 Å². The maximum atomic E-state index is 7.08. The fourth-order valence-electron chi connectivity index (χ4n) is 13.2. The molecule has 330 valence electrons. The van der Waals surface area contributed by atoms with Gasteiger partial charge >= 0.3 is 0 Å². The van der Waals surface area contributed by atoms with E-state index in [9.17, 15) is 0 Å². The molecule has 1 aliphatic carbocycles. The standard InChI is InChI=1S/C49H52B20N2O2/c50-24-27(53)35(61)44(36(62)28(24)54)70(45-37(63)29(55)25(51)30(56)38(45)64)16-6-8-18-14(12-16)4-10-20-48(18)72-22-2-1-3-23-43(22)69(20)21-11-5-15-13-17(7-9-19(15)49(21)73-23)71(47-41(67)33(59)34(60)42(47)68)46-39(65)31(57)26(52)32(58)40(46)66/h1-13,47H,50-68H2. The van der Waals surface area contributed by atoms with E-state index < -0.39 is 0 Å². The minimum absolute atomic E-state index is 0.0683. The van der Waals surface area contributed by atoms with Crippen molar-refractivity contribution in [3.63, 3.8) is 0 Å². The Morgan fingerprint density at radius 2 is 0.726 bits per heavy atom. The van der Waals surface area contributed by atoms with Crippen LogP contribution in [0.1, 0.15) is 0 Å². The summed E-state index contributed by atoms with van der Waals surface area (Å²) in [7, 11) is 43.6. The van der Waals surface area contributed by atoms with Crippen LogP contribution in [0.2, 0.25) is 0 Å². The van der Waals surface area contributed by atoms with E-state index in [2.05, 4.69) is 238 Å². The zero-order chi connectivity index (χ0) is 52.1. The number of fused-ring (bicyclic) bond motifs is 8. The highest BCUT2D eigenvalue weighted by Crippen LogP contribution is 2.43. The summed E-state index contributed by atoms with van der Waals surface area (Å²) in [4.78, 5) is 5.20. The fraction of sp³-hybridized carbons (Fsp3) is 0.0204. The maximum absolute atomic E-state index is 7.08. The van der Waals surface area contributed by atoms with E-state index in [-0.39, 0.29) is 12.8 Å². The van der Waals surface area contributed by atoms with Gasteiger partial charge in [0.15, 0.2) is 0 Å². The summed E-state index contributed by atoms with van der Waals surface area (Å²) in [5.41, 5.74) is 35.3. The van der Waals surface area contributed by atoms with Gasteiger partial charge in [0, 0.05) is 44.7 Å². The van der Waals surface area contributed by atoms with Gasteiger partial charge in [-0.2, -0.15) is 0 Å². The quantitative estimate of drug-likeness (QED) is 0.155. The molecular weight excluding hydrogens is 865 g/mol. The molecule has 0 N–H and O–H groups in total. The molecule has 3 aliphatic rings. The van der Waals surface area contributed by atoms with Gasteiger partial charge in [-0.1, -0.05) is 107 Å². The highest BCUT2D eigenvalue weighted by Gasteiger charge is 2.42. The Balaban J connectivity index is 1.07. The monoisotopic (exact) mass is 921 g/mol. The summed E-state index contributed by atoms with van der Waals surface area (Å²) in [6.45, 7) is -0.0683. The Hall–Kier alpha value is -5.74. The molecule has 0 unspecified atom stereocenters. The summed E-state index contributed by atoms with van der Waals surface area (Å²) in [6.07, 6.45) is 0. The first-order chi connectivity index (χ1) is 34.7. The molecule has 4 nitrogen and oxygen atoms in total. The van der Waals surface area contributed by atoms with Crippen LogP contribution in [0.15, 0.2) is 101 Å². The Labute approximate surface area is 450 Å². The smallest absolute Gasteiger partial charge is 0.260 e. The van der Waals surface area contributed by atoms with Crippen LogP contribution in [-0.4, -0.2) is 162 Å². The van der Waals surface area contributed by atoms with Gasteiger partial charge in [0.25, 0.3) is 6.71 Å². The van der Waals surface area contributed by atoms with Crippen LogP contribution in [0.25, 0.3) is 21.5 Å². The first-order valence-electron chi connectivity index (χ1n) is 26.4. The van der Waals surface area contributed by atoms with Gasteiger partial charge in [-0.3, -0.25) is 0 Å². The van der Waals surface area contributed by atoms with Gasteiger partial charge in [-0.05, 0) is 70.2 Å². The lowest BCUT2D eigenvalue weighted by Gasteiger charge is -2.39. The van der Waals surface area contributed by atoms with Crippen LogP contribution < -0.4 is 118 Å². The maximum Gasteiger partial charge on any atom is 0.260 e. The summed E-state index contributed by atoms with van der Waals surface area (Å²) in [5.74, 6) is 3.53. The van der Waals surface area contributed by atoms with E-state index in [4.69, 9.17) is 9.47 Å². The van der Waals surface area contributed by atoms with Gasteiger partial charge in [-0.15, -0.1) is 27.3 Å². The third kappa shape index (κ3) is 7.10. The van der Waals surface area contributed by atoms with Gasteiger partial charge < -0.3 is 19.3 Å². The van der Waals surface area contributed by atoms with Crippen molar-refractivity contribution in [1.29, 1.82) is 0 Å². The second kappa shape index (κ2) is 17.7. The van der Waals surface area contributed by atoms with E-state index in [0.29, 0.717) is 0 Å². The zero-order valence-electron chi connectivity index (χ0n) is 46.9. The van der Waals surface area contributed by atoms with Crippen molar-refractivity contribution in [3.05, 3.63) is 101 Å². The van der Waals surface area contributed by atoms with Gasteiger partial charge in [0.1, 0.15) is 172 Å². The van der Waals surface area contributed by atoms with Crippen LogP contribution in [0.4, 0.5) is 28.4 Å². The third-order valence-electron chi connectivity index (χ3n) is 19.3. The number of anilines is 5. The van der Waals surface area contributed by atoms with Crippen LogP contribution in [0, 0.1) is 0 Å². The van der Waals surface area contributed by atoms with Crippen molar-refractivity contribution in [2.24, 2.45) is 0 Å². The van der Waals surface area contributed by atoms with Crippen molar-refractivity contribution in [1.82, 2.24) is 0 Å². The first-order valence-corrected chi connectivity index (χ1v) is 26.4. The molecule has 2 aliphatic heterocycles. The average Bonchev–Trinajstić information content (AvgIpc) is 3.58. The van der Waals surface area contributed by atoms with E-state index in [1.165, 1.54) is 127 Å². The molecule has 2 heterocycles. The highest BCUT2D eigenvalue weighted by molar-refractivity contribution is 6.98. The highest BCUT2D eigenvalue weighted by atomic mass is 16.5. The van der Waals surface area contributed by atoms with E-state index >= 15 is 0 Å². The van der Waals surface area contributed by atoms with Crippen LogP contribution in [0.5, 0.6) is 23.0 Å². The summed E-state index contributed by atoms with van der Waals surface area (Å²) < 4.78 is 14.1. The summed E-state index contributed by atoms with van der Waals surface area (Å²) >= 11 is 0. The number of allylic oxidation sites excluding steroid dienone is 2. The molecule has 0 saturated carbocycles. The lowest BCUT2D eigenvalue weighted by molar-refractivity contribution is 0.470. The summed E-state index contributed by atoms with van der Waals surface area (Å²) in [6, 6.07) is 29.7. The SMILES string of the molecule is BC1=C(B)C(N(c2ccc3c4c(ccc3c2)B2c3ccc5cc(N(c6c(B)c(B)c(B)c(B)c6B)c6c(B)c(B)c(B)c(B)c6B)ccc5c3Oc3cccc(c32)O4)c2c(B)c(B)c(B)c(B)c2B)C(B)=C1B. The molecule has 24 heteroatoms. The topological polar surface area (TPSA) is 24.9 Å². The predicted molar refractivity (Wildman–Crippen MR) is 377 cm³/mol. The van der Waals surface area contributed by atoms with E-state index in [1.807, 2.05) is 0 Å². The minimum atomic E-state index is -0.0683. The molecule has 0 bridgehead atoms. The molecule has 0 fully saturated rings. The Bertz CT molecular complexity index is 3740. The third-order valence-corrected chi connectivity index (χ3v) is 19.3. The van der Waals surface area contributed by atoms with Crippen LogP contribution in [-0.2, 0) is 0 Å². The number of hydrogen-bond donors (Lipinski definition) is 0. The molecular formula is C49H52B20N2O2. The lowest BCUT2D eigenvalue weighted by atomic mass is 9.34. The number of nitrogens with zero attached hydrogens (tertiary/aromatic N) is 2. The lowest BCUT2D eigenvalue weighted by Crippen LogP contribution is -2.59. The molecule has 0 saturated heterocycles. The van der Waals surface area contributed by atoms with Gasteiger partial charge in [-0.25, -0.2) is 0 Å². The van der Waals surface area contributed by atoms with Crippen molar-refractivity contribution in [3.8, 4) is 23.0 Å². The zero-order valence-corrected chi connectivity index (χ0v) is 46.9. The first kappa shape index (κ1) is 49.5. The van der Waals surface area contributed by atoms with Crippen molar-refractivity contribution >= 4 is 304 Å². The predicted octanol–water partition coefficient (Wildman–Crippen LogP) is -19.5. The molecule has 8 aromatic rings. The Kier molecular flexibility index (Phi) is 12.0. The number of rotatable bonds is 6. The van der Waals surface area contributed by atoms with Gasteiger partial charge in [0.05, 0.1) is 6.04 Å². The minimum Gasteiger partial charge on any atom is -0.458 e. The Morgan fingerprint density at radius 3 is 1.14 bits per heavy atom. The fourth-order valence-corrected chi connectivity index (χ4v) is 13.2. The van der Waals surface area contributed by atoms with Crippen LogP contribution in [0.3, 0.4) is 0 Å². The van der Waals surface area contributed by atoms with Gasteiger partial charge in [0.2, 0.25) is 0 Å². The van der Waals surface area contributed by atoms with E-state index in [1.54, 1.807) is 0 Å². The normalized spacial score (nSPS) is 13.7. The van der Waals surface area contributed by atoms with Crippen molar-refractivity contribution in [2.45, 2.75) is 6.04 Å². The molecule has 0 atom stereocenters. The number of ether oxygens (including phenoxy) is 2. The molecule has 11 rings (SSSR count). The van der Waals surface area contributed by atoms with Crippen LogP contribution >= 0.6 is 0 Å². The second-order valence-electron chi connectivity index (χ2n) is 22.2. The number of benzene rings is 8. The molecule has 0 spiro atoms. The molecule has 8 aromatic carbocycles. The molecule has 0 amide bonds.